The number of primary sulfonamides is 1. The van der Waals surface area contributed by atoms with Gasteiger partial charge < -0.3 is 5.73 Å². The third-order valence-corrected chi connectivity index (χ3v) is 6.34. The Labute approximate surface area is 167 Å². The van der Waals surface area contributed by atoms with Crippen molar-refractivity contribution in [3.8, 4) is 11.1 Å². The molecule has 0 saturated heterocycles. The Bertz CT molecular complexity index is 1550. The maximum absolute atomic E-state index is 12.8. The van der Waals surface area contributed by atoms with Crippen LogP contribution in [0.5, 0.6) is 0 Å². The Balaban J connectivity index is 2.10. The van der Waals surface area contributed by atoms with Crippen molar-refractivity contribution in [3.05, 3.63) is 75.7 Å². The van der Waals surface area contributed by atoms with Crippen LogP contribution in [0.15, 0.2) is 53.4 Å². The average molecular weight is 400 g/mol. The number of carbonyl (C=O) groups excluding carboxylic acids is 1. The molecule has 0 heterocycles. The largest absolute Gasteiger partial charge is 0.366 e. The Morgan fingerprint density at radius 1 is 0.931 bits per heavy atom. The first-order chi connectivity index (χ1) is 13.9. The van der Waals surface area contributed by atoms with Crippen molar-refractivity contribution in [2.45, 2.75) is 4.90 Å². The number of nitrogens with two attached hydrogens (primary N) is 2. The number of benzene rings is 3. The molecule has 2 aliphatic carbocycles. The highest BCUT2D eigenvalue weighted by Gasteiger charge is 2.28. The van der Waals surface area contributed by atoms with Crippen LogP contribution >= 0.6 is 0 Å². The van der Waals surface area contributed by atoms with Crippen molar-refractivity contribution in [2.75, 3.05) is 0 Å². The SMILES string of the molecule is NC(=O)c1cc2ccccc2c(S(N)(=O)=O)c1-c1c2c(cc3c1=CC=C3)=CC=C2. The van der Waals surface area contributed by atoms with Gasteiger partial charge in [0.15, 0.2) is 0 Å². The van der Waals surface area contributed by atoms with E-state index < -0.39 is 15.9 Å². The van der Waals surface area contributed by atoms with Gasteiger partial charge in [0, 0.05) is 16.5 Å². The van der Waals surface area contributed by atoms with Gasteiger partial charge in [-0.25, -0.2) is 13.6 Å². The van der Waals surface area contributed by atoms with Crippen molar-refractivity contribution >= 4 is 51.0 Å². The predicted molar refractivity (Wildman–Crippen MR) is 116 cm³/mol. The van der Waals surface area contributed by atoms with Crippen LogP contribution in [-0.4, -0.2) is 14.3 Å². The second kappa shape index (κ2) is 6.01. The van der Waals surface area contributed by atoms with Crippen LogP contribution < -0.4 is 21.3 Å². The van der Waals surface area contributed by atoms with Crippen molar-refractivity contribution in [1.29, 1.82) is 0 Å². The average Bonchev–Trinajstić information content (AvgIpc) is 3.32. The molecule has 5 rings (SSSR count). The molecular formula is C23H16N2O3S. The highest BCUT2D eigenvalue weighted by Crippen LogP contribution is 2.37. The van der Waals surface area contributed by atoms with E-state index in [-0.39, 0.29) is 16.0 Å². The zero-order valence-electron chi connectivity index (χ0n) is 15.2. The van der Waals surface area contributed by atoms with E-state index in [0.29, 0.717) is 16.3 Å². The van der Waals surface area contributed by atoms with Gasteiger partial charge in [-0.2, -0.15) is 0 Å². The lowest BCUT2D eigenvalue weighted by Gasteiger charge is -2.18. The molecule has 0 unspecified atom stereocenters. The maximum Gasteiger partial charge on any atom is 0.249 e. The monoisotopic (exact) mass is 400 g/mol. The third kappa shape index (κ3) is 2.57. The maximum atomic E-state index is 12.8. The molecule has 0 saturated carbocycles. The summed E-state index contributed by atoms with van der Waals surface area (Å²) in [4.78, 5) is 12.4. The minimum Gasteiger partial charge on any atom is -0.366 e. The van der Waals surface area contributed by atoms with Crippen LogP contribution in [0.2, 0.25) is 0 Å². The summed E-state index contributed by atoms with van der Waals surface area (Å²) in [6, 6.07) is 10.6. The first-order valence-electron chi connectivity index (χ1n) is 8.99. The Morgan fingerprint density at radius 3 is 2.45 bits per heavy atom. The molecule has 0 aromatic heterocycles. The second-order valence-electron chi connectivity index (χ2n) is 7.07. The number of rotatable bonds is 3. The summed E-state index contributed by atoms with van der Waals surface area (Å²) in [7, 11) is -4.18. The van der Waals surface area contributed by atoms with Crippen LogP contribution in [0.25, 0.3) is 46.2 Å². The number of amides is 1. The molecule has 3 aromatic rings. The Hall–Kier alpha value is -3.48. The van der Waals surface area contributed by atoms with Crippen molar-refractivity contribution in [2.24, 2.45) is 10.9 Å². The molecule has 142 valence electrons. The first kappa shape index (κ1) is 17.6. The highest BCUT2D eigenvalue weighted by atomic mass is 32.2. The van der Waals surface area contributed by atoms with Gasteiger partial charge in [-0.05, 0) is 44.6 Å². The fraction of sp³-hybridized carbons (Fsp3) is 0. The molecule has 0 fully saturated rings. The highest BCUT2D eigenvalue weighted by molar-refractivity contribution is 7.89. The molecule has 0 atom stereocenters. The van der Waals surface area contributed by atoms with Crippen LogP contribution in [0, 0.1) is 0 Å². The molecule has 0 radical (unpaired) electrons. The lowest BCUT2D eigenvalue weighted by atomic mass is 9.89. The second-order valence-corrected chi connectivity index (χ2v) is 8.57. The van der Waals surface area contributed by atoms with Crippen LogP contribution in [-0.2, 0) is 10.0 Å². The molecule has 4 N–H and O–H groups in total. The number of primary amides is 1. The number of allylic oxidation sites excluding steroid dienone is 2. The number of hydrogen-bond acceptors (Lipinski definition) is 3. The summed E-state index contributed by atoms with van der Waals surface area (Å²) in [5.41, 5.74) is 8.54. The van der Waals surface area contributed by atoms with Crippen molar-refractivity contribution in [1.82, 2.24) is 0 Å². The van der Waals surface area contributed by atoms with Gasteiger partial charge in [0.25, 0.3) is 0 Å². The number of fused-ring (bicyclic) bond motifs is 3. The summed E-state index contributed by atoms with van der Waals surface area (Å²) in [5, 5.41) is 8.52. The molecule has 0 spiro atoms. The van der Waals surface area contributed by atoms with Gasteiger partial charge in [0.2, 0.25) is 15.9 Å². The van der Waals surface area contributed by atoms with E-state index >= 15 is 0 Å². The standard InChI is InChI=1S/C23H16N2O3S/c24-23(26)19-12-15-5-1-2-8-18(15)22(29(25,27)28)21(19)20-16-9-3-6-13(16)11-14-7-4-10-17(14)20/h1-12H,(H2,24,26)(H2,25,27,28). The minimum absolute atomic E-state index is 0.0828. The first-order valence-corrected chi connectivity index (χ1v) is 10.5. The molecule has 0 aliphatic heterocycles. The molecule has 2 aliphatic rings. The van der Waals surface area contributed by atoms with E-state index in [1.165, 1.54) is 0 Å². The molecule has 1 amide bonds. The summed E-state index contributed by atoms with van der Waals surface area (Å²) >= 11 is 0. The number of carbonyl (C=O) groups is 1. The van der Waals surface area contributed by atoms with E-state index in [0.717, 1.165) is 21.6 Å². The van der Waals surface area contributed by atoms with Gasteiger partial charge in [-0.3, -0.25) is 4.79 Å². The van der Waals surface area contributed by atoms with Gasteiger partial charge in [-0.1, -0.05) is 60.7 Å². The van der Waals surface area contributed by atoms with E-state index in [1.807, 2.05) is 42.5 Å². The molecule has 29 heavy (non-hydrogen) atoms. The predicted octanol–water partition coefficient (Wildman–Crippen LogP) is 1.87. The lowest BCUT2D eigenvalue weighted by molar-refractivity contribution is 0.100. The minimum atomic E-state index is -4.18. The zero-order chi connectivity index (χ0) is 20.3. The van der Waals surface area contributed by atoms with Gasteiger partial charge >= 0.3 is 0 Å². The summed E-state index contributed by atoms with van der Waals surface area (Å²) in [6.07, 6.45) is 11.5. The Morgan fingerprint density at radius 2 is 1.69 bits per heavy atom. The zero-order valence-corrected chi connectivity index (χ0v) is 16.0. The molecule has 5 nitrogen and oxygen atoms in total. The van der Waals surface area contributed by atoms with E-state index in [1.54, 1.807) is 30.3 Å². The van der Waals surface area contributed by atoms with E-state index in [9.17, 15) is 13.2 Å². The van der Waals surface area contributed by atoms with Crippen LogP contribution in [0.3, 0.4) is 0 Å². The topological polar surface area (TPSA) is 103 Å². The lowest BCUT2D eigenvalue weighted by Crippen LogP contribution is -2.24. The quantitative estimate of drug-likeness (QED) is 0.701. The van der Waals surface area contributed by atoms with Gasteiger partial charge in [0.05, 0.1) is 4.90 Å². The van der Waals surface area contributed by atoms with Crippen molar-refractivity contribution in [3.63, 3.8) is 0 Å². The molecular weight excluding hydrogens is 384 g/mol. The van der Waals surface area contributed by atoms with Crippen LogP contribution in [0.1, 0.15) is 21.5 Å². The summed E-state index contributed by atoms with van der Waals surface area (Å²) in [5.74, 6) is -0.709. The smallest absolute Gasteiger partial charge is 0.249 e. The summed E-state index contributed by atoms with van der Waals surface area (Å²) < 4.78 is 25.6. The van der Waals surface area contributed by atoms with Crippen LogP contribution in [0.4, 0.5) is 0 Å². The number of sulfonamides is 1. The van der Waals surface area contributed by atoms with E-state index in [2.05, 4.69) is 0 Å². The van der Waals surface area contributed by atoms with Gasteiger partial charge in [0.1, 0.15) is 0 Å². The fourth-order valence-electron chi connectivity index (χ4n) is 4.21. The molecule has 0 bridgehead atoms. The Kier molecular flexibility index (Phi) is 3.65. The van der Waals surface area contributed by atoms with Gasteiger partial charge in [-0.15, -0.1) is 0 Å². The van der Waals surface area contributed by atoms with E-state index in [4.69, 9.17) is 10.9 Å². The fourth-order valence-corrected chi connectivity index (χ4v) is 5.20. The molecule has 3 aromatic carbocycles. The summed E-state index contributed by atoms with van der Waals surface area (Å²) in [6.45, 7) is 0. The van der Waals surface area contributed by atoms with Crippen molar-refractivity contribution < 1.29 is 13.2 Å². The number of hydrogen-bond donors (Lipinski definition) is 2. The normalized spacial score (nSPS) is 13.8. The molecule has 6 heteroatoms. The third-order valence-electron chi connectivity index (χ3n) is 5.35.